The molecule has 88 valence electrons. The fourth-order valence-corrected chi connectivity index (χ4v) is 2.42. The highest BCUT2D eigenvalue weighted by molar-refractivity contribution is 4.85. The lowest BCUT2D eigenvalue weighted by molar-refractivity contribution is -0.0580. The number of nitrogens with two attached hydrogens (primary N) is 1. The van der Waals surface area contributed by atoms with Gasteiger partial charge in [-0.2, -0.15) is 0 Å². The normalized spacial score (nSPS) is 36.4. The molecule has 2 rings (SSSR count). The van der Waals surface area contributed by atoms with Gasteiger partial charge in [-0.15, -0.1) is 0 Å². The first-order valence-electron chi connectivity index (χ1n) is 5.91. The van der Waals surface area contributed by atoms with Crippen LogP contribution in [0.2, 0.25) is 0 Å². The molecule has 0 spiro atoms. The fourth-order valence-electron chi connectivity index (χ4n) is 2.42. The van der Waals surface area contributed by atoms with E-state index in [4.69, 9.17) is 15.2 Å². The summed E-state index contributed by atoms with van der Waals surface area (Å²) >= 11 is 0. The van der Waals surface area contributed by atoms with E-state index in [0.717, 1.165) is 39.3 Å². The Bertz CT molecular complexity index is 195. The Hall–Kier alpha value is -0.160. The van der Waals surface area contributed by atoms with Crippen molar-refractivity contribution in [3.63, 3.8) is 0 Å². The summed E-state index contributed by atoms with van der Waals surface area (Å²) in [6.45, 7) is 4.49. The number of ether oxygens (including phenoxy) is 2. The second-order valence-corrected chi connectivity index (χ2v) is 4.73. The van der Waals surface area contributed by atoms with Crippen molar-refractivity contribution in [2.24, 2.45) is 11.7 Å². The maximum Gasteiger partial charge on any atom is 0.0856 e. The molecule has 0 aliphatic carbocycles. The molecule has 15 heavy (non-hydrogen) atoms. The topological polar surface area (TPSA) is 47.7 Å². The number of nitrogens with zero attached hydrogens (tertiary/aromatic N) is 1. The van der Waals surface area contributed by atoms with E-state index in [0.29, 0.717) is 5.92 Å². The minimum atomic E-state index is 0.132. The first kappa shape index (κ1) is 11.3. The fraction of sp³-hybridized carbons (Fsp3) is 1.00. The molecule has 0 saturated carbocycles. The molecule has 2 N–H and O–H groups in total. The Balaban J connectivity index is 1.85. The van der Waals surface area contributed by atoms with Gasteiger partial charge in [0.15, 0.2) is 0 Å². The maximum atomic E-state index is 6.25. The van der Waals surface area contributed by atoms with E-state index < -0.39 is 0 Å². The van der Waals surface area contributed by atoms with Gasteiger partial charge < -0.3 is 20.1 Å². The van der Waals surface area contributed by atoms with Crippen LogP contribution in [0.1, 0.15) is 12.8 Å². The highest BCUT2D eigenvalue weighted by Gasteiger charge is 2.31. The molecule has 0 aromatic carbocycles. The number of hydrogen-bond donors (Lipinski definition) is 1. The second kappa shape index (κ2) is 5.25. The first-order valence-corrected chi connectivity index (χ1v) is 5.91. The van der Waals surface area contributed by atoms with Gasteiger partial charge in [0.1, 0.15) is 0 Å². The molecular weight excluding hydrogens is 192 g/mol. The van der Waals surface area contributed by atoms with Crippen LogP contribution in [0.3, 0.4) is 0 Å². The average molecular weight is 214 g/mol. The van der Waals surface area contributed by atoms with Crippen molar-refractivity contribution in [1.29, 1.82) is 0 Å². The van der Waals surface area contributed by atoms with Crippen LogP contribution in [0, 0.1) is 5.92 Å². The summed E-state index contributed by atoms with van der Waals surface area (Å²) in [5, 5.41) is 0. The first-order chi connectivity index (χ1) is 7.27. The zero-order chi connectivity index (χ0) is 10.7. The third-order valence-corrected chi connectivity index (χ3v) is 3.47. The average Bonchev–Trinajstić information content (AvgIpc) is 2.29. The molecule has 4 nitrogen and oxygen atoms in total. The molecule has 2 aliphatic heterocycles. The standard InChI is InChI=1S/C11H22N2O2/c1-13-4-6-15-10(7-13)11(12)9-3-2-5-14-8-9/h9-11H,2-8,12H2,1H3. The van der Waals surface area contributed by atoms with Crippen LogP contribution in [0.15, 0.2) is 0 Å². The molecule has 4 heteroatoms. The number of rotatable bonds is 2. The Morgan fingerprint density at radius 1 is 1.40 bits per heavy atom. The summed E-state index contributed by atoms with van der Waals surface area (Å²) < 4.78 is 11.2. The third kappa shape index (κ3) is 2.91. The van der Waals surface area contributed by atoms with Gasteiger partial charge in [0.25, 0.3) is 0 Å². The van der Waals surface area contributed by atoms with Crippen LogP contribution in [-0.4, -0.2) is 57.0 Å². The van der Waals surface area contributed by atoms with E-state index in [2.05, 4.69) is 11.9 Å². The predicted molar refractivity (Wildman–Crippen MR) is 58.8 cm³/mol. The largest absolute Gasteiger partial charge is 0.381 e. The molecule has 0 aromatic rings. The van der Waals surface area contributed by atoms with E-state index in [1.54, 1.807) is 0 Å². The van der Waals surface area contributed by atoms with Gasteiger partial charge in [-0.3, -0.25) is 0 Å². The number of hydrogen-bond acceptors (Lipinski definition) is 4. The van der Waals surface area contributed by atoms with E-state index >= 15 is 0 Å². The molecule has 0 aromatic heterocycles. The summed E-state index contributed by atoms with van der Waals surface area (Å²) in [4.78, 5) is 2.29. The predicted octanol–water partition coefficient (Wildman–Crippen LogP) is 0.0709. The van der Waals surface area contributed by atoms with Crippen LogP contribution in [0.25, 0.3) is 0 Å². The van der Waals surface area contributed by atoms with Gasteiger partial charge in [0, 0.05) is 31.7 Å². The summed E-state index contributed by atoms with van der Waals surface area (Å²) in [7, 11) is 2.12. The molecular formula is C11H22N2O2. The van der Waals surface area contributed by atoms with Crippen molar-refractivity contribution in [2.45, 2.75) is 25.0 Å². The van der Waals surface area contributed by atoms with Gasteiger partial charge in [-0.05, 0) is 19.9 Å². The monoisotopic (exact) mass is 214 g/mol. The van der Waals surface area contributed by atoms with Gasteiger partial charge in [0.05, 0.1) is 19.3 Å². The van der Waals surface area contributed by atoms with E-state index in [9.17, 15) is 0 Å². The van der Waals surface area contributed by atoms with Gasteiger partial charge in [-0.25, -0.2) is 0 Å². The number of likely N-dealkylation sites (N-methyl/N-ethyl adjacent to an activating group) is 1. The lowest BCUT2D eigenvalue weighted by Gasteiger charge is -2.38. The van der Waals surface area contributed by atoms with Gasteiger partial charge in [0.2, 0.25) is 0 Å². The molecule has 2 fully saturated rings. The van der Waals surface area contributed by atoms with E-state index in [1.807, 2.05) is 0 Å². The summed E-state index contributed by atoms with van der Waals surface area (Å²) in [6, 6.07) is 0.132. The quantitative estimate of drug-likeness (QED) is 0.707. The zero-order valence-corrected chi connectivity index (χ0v) is 9.52. The van der Waals surface area contributed by atoms with Crippen LogP contribution >= 0.6 is 0 Å². The minimum Gasteiger partial charge on any atom is -0.381 e. The molecule has 2 saturated heterocycles. The van der Waals surface area contributed by atoms with Crippen LogP contribution in [-0.2, 0) is 9.47 Å². The van der Waals surface area contributed by atoms with E-state index in [1.165, 1.54) is 6.42 Å². The van der Waals surface area contributed by atoms with Crippen molar-refractivity contribution >= 4 is 0 Å². The Morgan fingerprint density at radius 3 is 2.93 bits per heavy atom. The molecule has 0 amide bonds. The molecule has 0 bridgehead atoms. The van der Waals surface area contributed by atoms with E-state index in [-0.39, 0.29) is 12.1 Å². The Kier molecular flexibility index (Phi) is 3.97. The Labute approximate surface area is 91.7 Å². The summed E-state index contributed by atoms with van der Waals surface area (Å²) in [5.74, 6) is 0.482. The highest BCUT2D eigenvalue weighted by Crippen LogP contribution is 2.21. The van der Waals surface area contributed by atoms with Gasteiger partial charge >= 0.3 is 0 Å². The van der Waals surface area contributed by atoms with Crippen molar-refractivity contribution in [3.8, 4) is 0 Å². The highest BCUT2D eigenvalue weighted by atomic mass is 16.5. The number of morpholine rings is 1. The van der Waals surface area contributed by atoms with Crippen LogP contribution in [0.4, 0.5) is 0 Å². The molecule has 2 heterocycles. The minimum absolute atomic E-state index is 0.132. The van der Waals surface area contributed by atoms with Crippen LogP contribution in [0.5, 0.6) is 0 Å². The lowest BCUT2D eigenvalue weighted by atomic mass is 9.90. The van der Waals surface area contributed by atoms with Gasteiger partial charge in [-0.1, -0.05) is 0 Å². The molecule has 3 atom stereocenters. The summed E-state index contributed by atoms with van der Waals surface area (Å²) in [6.07, 6.45) is 2.52. The maximum absolute atomic E-state index is 6.25. The second-order valence-electron chi connectivity index (χ2n) is 4.73. The summed E-state index contributed by atoms with van der Waals surface area (Å²) in [5.41, 5.74) is 6.25. The smallest absolute Gasteiger partial charge is 0.0856 e. The van der Waals surface area contributed by atoms with Crippen LogP contribution < -0.4 is 5.73 Å². The molecule has 2 aliphatic rings. The SMILES string of the molecule is CN1CCOC(C(N)C2CCCOC2)C1. The zero-order valence-electron chi connectivity index (χ0n) is 9.52. The van der Waals surface area contributed by atoms with Crippen molar-refractivity contribution in [3.05, 3.63) is 0 Å². The van der Waals surface area contributed by atoms with Crippen molar-refractivity contribution in [1.82, 2.24) is 4.90 Å². The molecule has 3 unspecified atom stereocenters. The van der Waals surface area contributed by atoms with Crippen molar-refractivity contribution < 1.29 is 9.47 Å². The lowest BCUT2D eigenvalue weighted by Crippen LogP contribution is -2.53. The molecule has 0 radical (unpaired) electrons. The van der Waals surface area contributed by atoms with Crippen molar-refractivity contribution in [2.75, 3.05) is 40.0 Å². The Morgan fingerprint density at radius 2 is 2.27 bits per heavy atom. The third-order valence-electron chi connectivity index (χ3n) is 3.47.